The molecule has 1 heterocycles. The van der Waals surface area contributed by atoms with Crippen molar-refractivity contribution >= 4 is 40.5 Å². The quantitative estimate of drug-likeness (QED) is 0.281. The van der Waals surface area contributed by atoms with Crippen molar-refractivity contribution in [1.29, 1.82) is 0 Å². The number of hydrazone groups is 1. The van der Waals surface area contributed by atoms with Gasteiger partial charge in [0.2, 0.25) is 10.0 Å². The van der Waals surface area contributed by atoms with Crippen LogP contribution in [0.4, 0.5) is 4.39 Å². The van der Waals surface area contributed by atoms with Crippen LogP contribution in [0.25, 0.3) is 0 Å². The zero-order valence-electron chi connectivity index (χ0n) is 25.2. The Balaban J connectivity index is 1.42. The van der Waals surface area contributed by atoms with Crippen molar-refractivity contribution in [2.75, 3.05) is 12.9 Å². The van der Waals surface area contributed by atoms with Gasteiger partial charge >= 0.3 is 13.0 Å². The van der Waals surface area contributed by atoms with Gasteiger partial charge in [0.1, 0.15) is 11.9 Å². The number of rotatable bonds is 6. The number of halogens is 1. The topological polar surface area (TPSA) is 143 Å². The first-order valence-electron chi connectivity index (χ1n) is 14.7. The summed E-state index contributed by atoms with van der Waals surface area (Å²) < 4.78 is 51.6. The second-order valence-corrected chi connectivity index (χ2v) is 15.2. The Morgan fingerprint density at radius 2 is 2.00 bits per heavy atom. The highest BCUT2D eigenvalue weighted by Gasteiger charge is 2.70. The zero-order chi connectivity index (χ0) is 31.7. The van der Waals surface area contributed by atoms with Gasteiger partial charge in [-0.3, -0.25) is 4.79 Å². The third kappa shape index (κ3) is 4.91. The van der Waals surface area contributed by atoms with E-state index in [1.807, 2.05) is 27.7 Å². The molecule has 0 radical (unpaired) electrons. The van der Waals surface area contributed by atoms with E-state index in [1.54, 1.807) is 18.2 Å². The summed E-state index contributed by atoms with van der Waals surface area (Å²) >= 11 is 0. The van der Waals surface area contributed by atoms with Crippen LogP contribution in [0.2, 0.25) is 0 Å². The van der Waals surface area contributed by atoms with Crippen molar-refractivity contribution in [3.63, 3.8) is 0 Å². The van der Waals surface area contributed by atoms with E-state index < -0.39 is 76.0 Å². The molecule has 5 rings (SSSR count). The lowest BCUT2D eigenvalue weighted by atomic mass is 9.44. The zero-order valence-corrected chi connectivity index (χ0v) is 26.0. The molecule has 3 saturated carbocycles. The Kier molecular flexibility index (Phi) is 7.87. The van der Waals surface area contributed by atoms with Crippen LogP contribution < -0.4 is 10.2 Å². The van der Waals surface area contributed by atoms with Gasteiger partial charge in [-0.25, -0.2) is 21.9 Å². The first kappa shape index (κ1) is 31.7. The van der Waals surface area contributed by atoms with Gasteiger partial charge in [0.15, 0.2) is 18.6 Å². The number of alkyl halides is 1. The first-order chi connectivity index (χ1) is 20.0. The highest BCUT2D eigenvalue weighted by molar-refractivity contribution is 7.89. The van der Waals surface area contributed by atoms with Crippen LogP contribution in [0, 0.1) is 34.0 Å². The molecule has 2 bridgehead atoms. The number of fused-ring (bicyclic) bond motifs is 1. The SMILES string of the molecule is C=C[C@]1(C)C[C@@H](OC(=O)COc2ccc3c(c2)B(O)N(S(C)(=O)=O)N=C3)[C@]2(C)[C@H](C)CC[C@]3(C[C@H](F)C(=O)[C@H]32)[C@@H](C)[C@@H]1O. The minimum Gasteiger partial charge on any atom is -0.482 e. The Morgan fingerprint density at radius 3 is 2.65 bits per heavy atom. The molecule has 10 nitrogen and oxygen atoms in total. The molecule has 1 aromatic rings. The predicted molar refractivity (Wildman–Crippen MR) is 159 cm³/mol. The third-order valence-corrected chi connectivity index (χ3v) is 12.1. The minimum atomic E-state index is -3.83. The molecule has 0 unspecified atom stereocenters. The number of ether oxygens (including phenoxy) is 2. The van der Waals surface area contributed by atoms with Crippen molar-refractivity contribution in [3.05, 3.63) is 36.4 Å². The molecular formula is C30H40BFN2O8S. The van der Waals surface area contributed by atoms with E-state index >= 15 is 4.39 Å². The Morgan fingerprint density at radius 1 is 1.30 bits per heavy atom. The average molecular weight is 619 g/mol. The van der Waals surface area contributed by atoms with E-state index in [0.29, 0.717) is 22.7 Å². The van der Waals surface area contributed by atoms with Crippen LogP contribution in [0.1, 0.15) is 58.9 Å². The standard InChI is InChI=1S/C30H40BFN2O8S/c1-7-28(4)14-23(29(5)17(2)10-11-30(18(3)27(28)37)13-22(32)25(36)26(29)30)42-24(35)16-41-20-9-8-19-15-33-34(43(6,39)40)31(38)21(19)12-20/h7-9,12,15,17-18,22-23,26-27,37-38H,1,10-11,13-14,16H2,2-6H3/t17-,18+,22+,23-,26+,27+,28-,29+,30+/m1/s1. The van der Waals surface area contributed by atoms with Gasteiger partial charge in [-0.2, -0.15) is 5.10 Å². The predicted octanol–water partition coefficient (Wildman–Crippen LogP) is 2.22. The van der Waals surface area contributed by atoms with Crippen LogP contribution >= 0.6 is 0 Å². The molecule has 9 atom stereocenters. The van der Waals surface area contributed by atoms with Gasteiger partial charge in [-0.15, -0.1) is 6.58 Å². The number of Topliss-reactive ketones (excluding diaryl/α,β-unsaturated/α-hetero) is 1. The number of nitrogens with zero attached hydrogens (tertiary/aromatic N) is 2. The van der Waals surface area contributed by atoms with Crippen molar-refractivity contribution in [2.24, 2.45) is 39.1 Å². The molecule has 0 saturated heterocycles. The number of carbonyl (C=O) groups is 2. The molecule has 234 valence electrons. The molecule has 0 aromatic heterocycles. The van der Waals surface area contributed by atoms with Crippen molar-refractivity contribution in [2.45, 2.75) is 71.8 Å². The summed E-state index contributed by atoms with van der Waals surface area (Å²) in [6, 6.07) is 4.57. The number of hydrogen-bond donors (Lipinski definition) is 2. The monoisotopic (exact) mass is 618 g/mol. The fourth-order valence-electron chi connectivity index (χ4n) is 8.33. The highest BCUT2D eigenvalue weighted by atomic mass is 32.2. The first-order valence-corrected chi connectivity index (χ1v) is 16.5. The van der Waals surface area contributed by atoms with Gasteiger partial charge in [0.05, 0.1) is 18.6 Å². The lowest BCUT2D eigenvalue weighted by Gasteiger charge is -2.61. The summed E-state index contributed by atoms with van der Waals surface area (Å²) in [5.74, 6) is -2.18. The molecule has 1 aromatic carbocycles. The summed E-state index contributed by atoms with van der Waals surface area (Å²) in [5, 5.41) is 26.0. The van der Waals surface area contributed by atoms with E-state index in [2.05, 4.69) is 11.7 Å². The van der Waals surface area contributed by atoms with Gasteiger partial charge in [-0.05, 0) is 66.1 Å². The van der Waals surface area contributed by atoms with E-state index in [-0.39, 0.29) is 35.9 Å². The van der Waals surface area contributed by atoms with Crippen LogP contribution in [0.5, 0.6) is 5.75 Å². The van der Waals surface area contributed by atoms with Crippen LogP contribution in [-0.4, -0.2) is 79.1 Å². The van der Waals surface area contributed by atoms with E-state index in [4.69, 9.17) is 9.47 Å². The second-order valence-electron chi connectivity index (χ2n) is 13.4. The number of ketones is 1. The highest BCUT2D eigenvalue weighted by Crippen LogP contribution is 2.68. The lowest BCUT2D eigenvalue weighted by Crippen LogP contribution is -2.63. The van der Waals surface area contributed by atoms with Crippen molar-refractivity contribution in [3.8, 4) is 5.75 Å². The number of benzene rings is 1. The third-order valence-electron chi connectivity index (χ3n) is 11.1. The van der Waals surface area contributed by atoms with Crippen LogP contribution in [-0.2, 0) is 24.3 Å². The van der Waals surface area contributed by atoms with Crippen LogP contribution in [0.3, 0.4) is 0 Å². The number of aliphatic hydroxyl groups is 1. The molecule has 0 spiro atoms. The largest absolute Gasteiger partial charge is 0.484 e. The smallest absolute Gasteiger partial charge is 0.482 e. The van der Waals surface area contributed by atoms with E-state index in [1.165, 1.54) is 12.3 Å². The number of esters is 1. The lowest BCUT2D eigenvalue weighted by molar-refractivity contribution is -0.207. The van der Waals surface area contributed by atoms with Crippen molar-refractivity contribution in [1.82, 2.24) is 4.33 Å². The van der Waals surface area contributed by atoms with Gasteiger partial charge in [0, 0.05) is 16.7 Å². The van der Waals surface area contributed by atoms with Crippen LogP contribution in [0.15, 0.2) is 36.0 Å². The number of aliphatic hydroxyl groups excluding tert-OH is 1. The minimum absolute atomic E-state index is 0.0414. The maximum absolute atomic E-state index is 15.3. The molecule has 2 N–H and O–H groups in total. The summed E-state index contributed by atoms with van der Waals surface area (Å²) in [7, 11) is -5.40. The summed E-state index contributed by atoms with van der Waals surface area (Å²) in [6.45, 7) is 11.1. The maximum atomic E-state index is 15.3. The molecule has 13 heteroatoms. The van der Waals surface area contributed by atoms with E-state index in [9.17, 15) is 28.1 Å². The number of hydrogen-bond acceptors (Lipinski definition) is 9. The van der Waals surface area contributed by atoms with Gasteiger partial charge in [-0.1, -0.05) is 39.8 Å². The fraction of sp³-hybridized carbons (Fsp3) is 0.633. The Labute approximate surface area is 252 Å². The molecule has 43 heavy (non-hydrogen) atoms. The van der Waals surface area contributed by atoms with E-state index in [0.717, 1.165) is 6.26 Å². The summed E-state index contributed by atoms with van der Waals surface area (Å²) in [6.07, 6.45) is 2.01. The normalized spacial score (nSPS) is 38.9. The Bertz CT molecular complexity index is 1470. The molecule has 4 aliphatic rings. The molecule has 3 aliphatic carbocycles. The van der Waals surface area contributed by atoms with Gasteiger partial charge < -0.3 is 19.6 Å². The van der Waals surface area contributed by atoms with Crippen molar-refractivity contribution < 1.29 is 42.0 Å². The average Bonchev–Trinajstić information content (AvgIpc) is 3.22. The van der Waals surface area contributed by atoms with Gasteiger partial charge in [0.25, 0.3) is 0 Å². The molecule has 3 fully saturated rings. The molecular weight excluding hydrogens is 578 g/mol. The number of sulfonamides is 1. The fourth-order valence-corrected chi connectivity index (χ4v) is 9.03. The molecule has 1 aliphatic heterocycles. The maximum Gasteiger partial charge on any atom is 0.484 e. The summed E-state index contributed by atoms with van der Waals surface area (Å²) in [5.41, 5.74) is -1.81. The summed E-state index contributed by atoms with van der Waals surface area (Å²) in [4.78, 5) is 26.9. The molecule has 0 amide bonds. The second kappa shape index (κ2) is 10.7. The Hall–Kier alpha value is -2.77. The number of carbonyl (C=O) groups excluding carboxylic acids is 2.